The number of ether oxygens (including phenoxy) is 2. The number of rotatable bonds is 7. The summed E-state index contributed by atoms with van der Waals surface area (Å²) < 4.78 is 15.5. The first kappa shape index (κ1) is 19.3. The molecule has 1 aromatic heterocycles. The van der Waals surface area contributed by atoms with E-state index in [0.717, 1.165) is 0 Å². The van der Waals surface area contributed by atoms with Gasteiger partial charge < -0.3 is 29.2 Å². The minimum absolute atomic E-state index is 0.0488. The maximum Gasteiger partial charge on any atom is 0.371 e. The lowest BCUT2D eigenvalue weighted by molar-refractivity contribution is -0.126. The number of benzene rings is 1. The molecule has 1 aliphatic rings. The summed E-state index contributed by atoms with van der Waals surface area (Å²) in [4.78, 5) is 37.1. The van der Waals surface area contributed by atoms with E-state index < -0.39 is 11.9 Å². The number of amides is 2. The summed E-state index contributed by atoms with van der Waals surface area (Å²) in [7, 11) is 3.03. The molecule has 1 aliphatic heterocycles. The highest BCUT2D eigenvalue weighted by Crippen LogP contribution is 2.34. The average molecular weight is 388 g/mol. The number of carbonyl (C=O) groups is 3. The zero-order valence-corrected chi connectivity index (χ0v) is 15.4. The molecule has 2 aromatic rings. The Morgan fingerprint density at radius 1 is 1.21 bits per heavy atom. The number of aromatic carboxylic acids is 1. The van der Waals surface area contributed by atoms with Gasteiger partial charge in [0.05, 0.1) is 26.7 Å². The first-order valence-electron chi connectivity index (χ1n) is 8.55. The van der Waals surface area contributed by atoms with E-state index in [1.54, 1.807) is 18.2 Å². The standard InChI is InChI=1S/C19H20N2O7/c1-26-14-5-3-12(8-16(14)27-2)21-10-11(7-17(21)22)18(23)20-9-13-4-6-15(28-13)19(24)25/h3-6,8,11H,7,9-10H2,1-2H3,(H,20,23)(H,24,25). The van der Waals surface area contributed by atoms with E-state index in [1.165, 1.54) is 31.3 Å². The van der Waals surface area contributed by atoms with Crippen molar-refractivity contribution in [2.45, 2.75) is 13.0 Å². The maximum atomic E-state index is 12.4. The number of nitrogens with one attached hydrogen (secondary N) is 1. The Balaban J connectivity index is 1.63. The maximum absolute atomic E-state index is 12.4. The number of methoxy groups -OCH3 is 2. The van der Waals surface area contributed by atoms with Crippen LogP contribution in [0.4, 0.5) is 5.69 Å². The van der Waals surface area contributed by atoms with Crippen molar-refractivity contribution in [1.29, 1.82) is 0 Å². The Kier molecular flexibility index (Phi) is 5.53. The zero-order chi connectivity index (χ0) is 20.3. The van der Waals surface area contributed by atoms with E-state index >= 15 is 0 Å². The van der Waals surface area contributed by atoms with Gasteiger partial charge in [-0.05, 0) is 24.3 Å². The van der Waals surface area contributed by atoms with E-state index in [-0.39, 0.29) is 37.1 Å². The number of nitrogens with zero attached hydrogens (tertiary/aromatic N) is 1. The molecule has 1 fully saturated rings. The summed E-state index contributed by atoms with van der Waals surface area (Å²) >= 11 is 0. The van der Waals surface area contributed by atoms with E-state index in [9.17, 15) is 14.4 Å². The van der Waals surface area contributed by atoms with Gasteiger partial charge in [-0.25, -0.2) is 4.79 Å². The van der Waals surface area contributed by atoms with Crippen LogP contribution < -0.4 is 19.7 Å². The monoisotopic (exact) mass is 388 g/mol. The van der Waals surface area contributed by atoms with Crippen LogP contribution in [0.15, 0.2) is 34.7 Å². The topological polar surface area (TPSA) is 118 Å². The molecular formula is C19H20N2O7. The SMILES string of the molecule is COc1ccc(N2CC(C(=O)NCc3ccc(C(=O)O)o3)CC2=O)cc1OC. The molecule has 0 spiro atoms. The predicted octanol–water partition coefficient (Wildman–Crippen LogP) is 1.66. The molecule has 3 rings (SSSR count). The largest absolute Gasteiger partial charge is 0.493 e. The average Bonchev–Trinajstić information content (AvgIpc) is 3.32. The predicted molar refractivity (Wildman–Crippen MR) is 97.5 cm³/mol. The molecule has 1 aromatic carbocycles. The van der Waals surface area contributed by atoms with Crippen LogP contribution in [0.2, 0.25) is 0 Å². The number of carbonyl (C=O) groups excluding carboxylic acids is 2. The molecule has 0 radical (unpaired) electrons. The second-order valence-corrected chi connectivity index (χ2v) is 6.23. The minimum atomic E-state index is -1.18. The minimum Gasteiger partial charge on any atom is -0.493 e. The molecule has 0 aliphatic carbocycles. The Labute approximate surface area is 160 Å². The van der Waals surface area contributed by atoms with Gasteiger partial charge in [-0.3, -0.25) is 9.59 Å². The van der Waals surface area contributed by atoms with Crippen LogP contribution in [0, 0.1) is 5.92 Å². The third-order valence-electron chi connectivity index (χ3n) is 4.48. The molecular weight excluding hydrogens is 368 g/mol. The van der Waals surface area contributed by atoms with E-state index in [4.69, 9.17) is 19.0 Å². The van der Waals surface area contributed by atoms with Gasteiger partial charge in [0.1, 0.15) is 5.76 Å². The summed E-state index contributed by atoms with van der Waals surface area (Å²) in [5.74, 6) is -0.993. The Bertz CT molecular complexity index is 905. The number of carboxylic acids is 1. The van der Waals surface area contributed by atoms with Crippen LogP contribution in [-0.4, -0.2) is 43.7 Å². The van der Waals surface area contributed by atoms with E-state index in [1.807, 2.05) is 0 Å². The highest BCUT2D eigenvalue weighted by atomic mass is 16.5. The summed E-state index contributed by atoms with van der Waals surface area (Å²) in [5.41, 5.74) is 0.620. The Morgan fingerprint density at radius 3 is 2.61 bits per heavy atom. The van der Waals surface area contributed by atoms with Gasteiger partial charge in [0, 0.05) is 24.7 Å². The van der Waals surface area contributed by atoms with Crippen molar-refractivity contribution in [3.05, 3.63) is 41.9 Å². The van der Waals surface area contributed by atoms with Crippen molar-refractivity contribution in [2.24, 2.45) is 5.92 Å². The molecule has 1 atom stereocenters. The Morgan fingerprint density at radius 2 is 1.96 bits per heavy atom. The third-order valence-corrected chi connectivity index (χ3v) is 4.48. The summed E-state index contributed by atoms with van der Waals surface area (Å²) in [6.07, 6.45) is 0.0821. The fourth-order valence-corrected chi connectivity index (χ4v) is 3.03. The van der Waals surface area contributed by atoms with Crippen LogP contribution in [-0.2, 0) is 16.1 Å². The Hall–Kier alpha value is -3.49. The third kappa shape index (κ3) is 3.93. The van der Waals surface area contributed by atoms with Gasteiger partial charge in [-0.2, -0.15) is 0 Å². The molecule has 2 N–H and O–H groups in total. The summed E-state index contributed by atoms with van der Waals surface area (Å²) in [6, 6.07) is 7.93. The number of hydrogen-bond donors (Lipinski definition) is 2. The number of anilines is 1. The van der Waals surface area contributed by atoms with Crippen molar-refractivity contribution in [2.75, 3.05) is 25.7 Å². The van der Waals surface area contributed by atoms with E-state index in [2.05, 4.69) is 5.32 Å². The van der Waals surface area contributed by atoms with Crippen molar-refractivity contribution >= 4 is 23.5 Å². The molecule has 9 heteroatoms. The van der Waals surface area contributed by atoms with Gasteiger partial charge >= 0.3 is 5.97 Å². The molecule has 148 valence electrons. The normalized spacial score (nSPS) is 16.1. The highest BCUT2D eigenvalue weighted by Gasteiger charge is 2.35. The molecule has 9 nitrogen and oxygen atoms in total. The van der Waals surface area contributed by atoms with Crippen molar-refractivity contribution in [1.82, 2.24) is 5.32 Å². The molecule has 28 heavy (non-hydrogen) atoms. The zero-order valence-electron chi connectivity index (χ0n) is 15.4. The molecule has 0 saturated carbocycles. The molecule has 2 heterocycles. The second kappa shape index (κ2) is 8.03. The fraction of sp³-hybridized carbons (Fsp3) is 0.316. The summed E-state index contributed by atoms with van der Waals surface area (Å²) in [6.45, 7) is 0.284. The fourth-order valence-electron chi connectivity index (χ4n) is 3.03. The molecule has 1 unspecified atom stereocenters. The van der Waals surface area contributed by atoms with Gasteiger partial charge in [0.25, 0.3) is 0 Å². The lowest BCUT2D eigenvalue weighted by Crippen LogP contribution is -2.32. The highest BCUT2D eigenvalue weighted by molar-refractivity contribution is 6.00. The summed E-state index contributed by atoms with van der Waals surface area (Å²) in [5, 5.41) is 11.5. The number of hydrogen-bond acceptors (Lipinski definition) is 6. The number of carboxylic acid groups (broad SMARTS) is 1. The quantitative estimate of drug-likeness (QED) is 0.740. The van der Waals surface area contributed by atoms with Crippen LogP contribution in [0.1, 0.15) is 22.7 Å². The molecule has 2 amide bonds. The van der Waals surface area contributed by atoms with Crippen LogP contribution in [0.25, 0.3) is 0 Å². The van der Waals surface area contributed by atoms with E-state index in [0.29, 0.717) is 22.9 Å². The number of furan rings is 1. The van der Waals surface area contributed by atoms with Gasteiger partial charge in [0.15, 0.2) is 11.5 Å². The first-order valence-corrected chi connectivity index (χ1v) is 8.55. The first-order chi connectivity index (χ1) is 13.4. The van der Waals surface area contributed by atoms with Gasteiger partial charge in [0.2, 0.25) is 17.6 Å². The molecule has 0 bridgehead atoms. The van der Waals surface area contributed by atoms with Gasteiger partial charge in [-0.1, -0.05) is 0 Å². The lowest BCUT2D eigenvalue weighted by Gasteiger charge is -2.18. The van der Waals surface area contributed by atoms with Crippen molar-refractivity contribution < 1.29 is 33.4 Å². The second-order valence-electron chi connectivity index (χ2n) is 6.23. The van der Waals surface area contributed by atoms with Crippen LogP contribution in [0.3, 0.4) is 0 Å². The van der Waals surface area contributed by atoms with Crippen LogP contribution >= 0.6 is 0 Å². The smallest absolute Gasteiger partial charge is 0.371 e. The van der Waals surface area contributed by atoms with Crippen molar-refractivity contribution in [3.63, 3.8) is 0 Å². The van der Waals surface area contributed by atoms with Crippen molar-refractivity contribution in [3.8, 4) is 11.5 Å². The van der Waals surface area contributed by atoms with Gasteiger partial charge in [-0.15, -0.1) is 0 Å². The molecule has 1 saturated heterocycles. The lowest BCUT2D eigenvalue weighted by atomic mass is 10.1. The van der Waals surface area contributed by atoms with Crippen LogP contribution in [0.5, 0.6) is 11.5 Å².